The maximum Gasteiger partial charge on any atom is 0.258 e. The summed E-state index contributed by atoms with van der Waals surface area (Å²) >= 11 is 0. The summed E-state index contributed by atoms with van der Waals surface area (Å²) in [5.41, 5.74) is 3.48. The highest BCUT2D eigenvalue weighted by atomic mass is 16.5. The molecule has 1 aliphatic rings. The van der Waals surface area contributed by atoms with Crippen LogP contribution in [0.1, 0.15) is 35.8 Å². The molecule has 1 saturated heterocycles. The average molecular weight is 243 g/mol. The van der Waals surface area contributed by atoms with Crippen molar-refractivity contribution in [3.05, 3.63) is 35.2 Å². The van der Waals surface area contributed by atoms with E-state index in [1.54, 1.807) is 0 Å². The summed E-state index contributed by atoms with van der Waals surface area (Å²) < 4.78 is 5.40. The van der Waals surface area contributed by atoms with Crippen molar-refractivity contribution in [2.45, 2.75) is 32.7 Å². The van der Waals surface area contributed by atoms with Gasteiger partial charge in [0.15, 0.2) is 5.82 Å². The molecular weight excluding hydrogens is 226 g/mol. The Morgan fingerprint density at radius 1 is 1.33 bits per heavy atom. The lowest BCUT2D eigenvalue weighted by Crippen LogP contribution is -2.14. The minimum absolute atomic E-state index is 0.257. The predicted molar refractivity (Wildman–Crippen MR) is 69.2 cm³/mol. The molecule has 1 aliphatic heterocycles. The van der Waals surface area contributed by atoms with Crippen LogP contribution in [-0.4, -0.2) is 16.7 Å². The molecule has 2 aromatic rings. The molecule has 0 unspecified atom stereocenters. The first-order valence-electron chi connectivity index (χ1n) is 6.39. The lowest BCUT2D eigenvalue weighted by molar-refractivity contribution is 0.412. The molecule has 0 radical (unpaired) electrons. The van der Waals surface area contributed by atoms with E-state index in [1.807, 2.05) is 12.1 Å². The minimum atomic E-state index is 0.257. The van der Waals surface area contributed by atoms with Gasteiger partial charge in [-0.15, -0.1) is 0 Å². The topological polar surface area (TPSA) is 51.0 Å². The number of hydrogen-bond donors (Lipinski definition) is 1. The van der Waals surface area contributed by atoms with Crippen molar-refractivity contribution >= 4 is 0 Å². The maximum atomic E-state index is 5.40. The smallest absolute Gasteiger partial charge is 0.258 e. The third-order valence-electron chi connectivity index (χ3n) is 3.65. The third kappa shape index (κ3) is 1.93. The summed E-state index contributed by atoms with van der Waals surface area (Å²) in [7, 11) is 0. The number of aromatic nitrogens is 2. The van der Waals surface area contributed by atoms with Gasteiger partial charge in [0.25, 0.3) is 5.89 Å². The van der Waals surface area contributed by atoms with Crippen LogP contribution in [0.15, 0.2) is 22.7 Å². The van der Waals surface area contributed by atoms with Gasteiger partial charge in [-0.05, 0) is 50.4 Å². The summed E-state index contributed by atoms with van der Waals surface area (Å²) in [5, 5.41) is 7.48. The Morgan fingerprint density at radius 3 is 3.00 bits per heavy atom. The van der Waals surface area contributed by atoms with E-state index in [0.29, 0.717) is 5.89 Å². The monoisotopic (exact) mass is 243 g/mol. The summed E-state index contributed by atoms with van der Waals surface area (Å²) in [6, 6.07) is 6.40. The van der Waals surface area contributed by atoms with E-state index in [2.05, 4.69) is 35.4 Å². The van der Waals surface area contributed by atoms with Crippen molar-refractivity contribution in [3.63, 3.8) is 0 Å². The first-order valence-corrected chi connectivity index (χ1v) is 6.39. The summed E-state index contributed by atoms with van der Waals surface area (Å²) in [6.45, 7) is 5.22. The normalized spacial score (nSPS) is 19.3. The Balaban J connectivity index is 1.95. The van der Waals surface area contributed by atoms with Crippen LogP contribution < -0.4 is 5.32 Å². The van der Waals surface area contributed by atoms with Gasteiger partial charge in [0.2, 0.25) is 0 Å². The fourth-order valence-electron chi connectivity index (χ4n) is 2.37. The fraction of sp³-hybridized carbons (Fsp3) is 0.429. The van der Waals surface area contributed by atoms with Gasteiger partial charge in [0.05, 0.1) is 6.04 Å². The lowest BCUT2D eigenvalue weighted by Gasteiger charge is -2.04. The van der Waals surface area contributed by atoms with Gasteiger partial charge < -0.3 is 9.84 Å². The van der Waals surface area contributed by atoms with Crippen molar-refractivity contribution in [1.29, 1.82) is 0 Å². The predicted octanol–water partition coefficient (Wildman–Crippen LogP) is 2.78. The van der Waals surface area contributed by atoms with E-state index in [-0.39, 0.29) is 6.04 Å². The molecular formula is C14H17N3O. The zero-order chi connectivity index (χ0) is 12.5. The molecule has 0 saturated carbocycles. The van der Waals surface area contributed by atoms with E-state index in [4.69, 9.17) is 4.52 Å². The molecule has 94 valence electrons. The SMILES string of the molecule is Cc1cccc(-c2nc([C@@H]3CCCN3)no2)c1C. The Bertz CT molecular complexity index is 556. The van der Waals surface area contributed by atoms with Gasteiger partial charge in [-0.2, -0.15) is 4.98 Å². The van der Waals surface area contributed by atoms with Gasteiger partial charge in [0.1, 0.15) is 0 Å². The summed E-state index contributed by atoms with van der Waals surface area (Å²) in [4.78, 5) is 4.52. The van der Waals surface area contributed by atoms with E-state index in [0.717, 1.165) is 24.4 Å². The molecule has 3 rings (SSSR count). The summed E-state index contributed by atoms with van der Waals surface area (Å²) in [5.74, 6) is 1.41. The average Bonchev–Trinajstić information content (AvgIpc) is 3.01. The number of aryl methyl sites for hydroxylation is 1. The first kappa shape index (κ1) is 11.4. The van der Waals surface area contributed by atoms with Crippen LogP contribution in [0.3, 0.4) is 0 Å². The number of nitrogens with one attached hydrogen (secondary N) is 1. The van der Waals surface area contributed by atoms with E-state index in [1.165, 1.54) is 17.5 Å². The summed E-state index contributed by atoms with van der Waals surface area (Å²) in [6.07, 6.45) is 2.27. The van der Waals surface area contributed by atoms with Crippen molar-refractivity contribution in [3.8, 4) is 11.5 Å². The van der Waals surface area contributed by atoms with Gasteiger partial charge in [0, 0.05) is 5.56 Å². The van der Waals surface area contributed by atoms with Crippen LogP contribution >= 0.6 is 0 Å². The number of nitrogens with zero attached hydrogens (tertiary/aromatic N) is 2. The van der Waals surface area contributed by atoms with Crippen LogP contribution in [0.25, 0.3) is 11.5 Å². The van der Waals surface area contributed by atoms with E-state index in [9.17, 15) is 0 Å². The second kappa shape index (κ2) is 4.53. The third-order valence-corrected chi connectivity index (χ3v) is 3.65. The first-order chi connectivity index (χ1) is 8.75. The highest BCUT2D eigenvalue weighted by Crippen LogP contribution is 2.27. The van der Waals surface area contributed by atoms with E-state index < -0.39 is 0 Å². The number of rotatable bonds is 2. The van der Waals surface area contributed by atoms with Crippen LogP contribution in [0.2, 0.25) is 0 Å². The van der Waals surface area contributed by atoms with Gasteiger partial charge >= 0.3 is 0 Å². The molecule has 18 heavy (non-hydrogen) atoms. The Kier molecular flexibility index (Phi) is 2.88. The highest BCUT2D eigenvalue weighted by molar-refractivity contribution is 5.60. The number of hydrogen-bond acceptors (Lipinski definition) is 4. The molecule has 2 heterocycles. The van der Waals surface area contributed by atoms with Crippen LogP contribution in [0, 0.1) is 13.8 Å². The van der Waals surface area contributed by atoms with Crippen molar-refractivity contribution in [2.75, 3.05) is 6.54 Å². The lowest BCUT2D eigenvalue weighted by atomic mass is 10.0. The molecule has 1 fully saturated rings. The largest absolute Gasteiger partial charge is 0.334 e. The van der Waals surface area contributed by atoms with Gasteiger partial charge in [-0.3, -0.25) is 0 Å². The molecule has 0 amide bonds. The van der Waals surface area contributed by atoms with Crippen LogP contribution in [0.5, 0.6) is 0 Å². The quantitative estimate of drug-likeness (QED) is 0.881. The molecule has 1 aromatic carbocycles. The Labute approximate surface area is 106 Å². The van der Waals surface area contributed by atoms with E-state index >= 15 is 0 Å². The zero-order valence-electron chi connectivity index (χ0n) is 10.7. The zero-order valence-corrected chi connectivity index (χ0v) is 10.7. The molecule has 1 atom stereocenters. The second-order valence-electron chi connectivity index (χ2n) is 4.85. The van der Waals surface area contributed by atoms with Crippen molar-refractivity contribution in [1.82, 2.24) is 15.5 Å². The molecule has 4 heteroatoms. The number of benzene rings is 1. The second-order valence-corrected chi connectivity index (χ2v) is 4.85. The standard InChI is InChI=1S/C14H17N3O/c1-9-5-3-6-11(10(9)2)14-16-13(17-18-14)12-7-4-8-15-12/h3,5-6,12,15H,4,7-8H2,1-2H3/t12-/m0/s1. The molecule has 1 N–H and O–H groups in total. The Hall–Kier alpha value is -1.68. The van der Waals surface area contributed by atoms with Gasteiger partial charge in [-0.1, -0.05) is 17.3 Å². The minimum Gasteiger partial charge on any atom is -0.334 e. The molecule has 0 spiro atoms. The molecule has 0 bridgehead atoms. The van der Waals surface area contributed by atoms with Gasteiger partial charge in [-0.25, -0.2) is 0 Å². The Morgan fingerprint density at radius 2 is 2.22 bits per heavy atom. The molecule has 1 aromatic heterocycles. The molecule has 4 nitrogen and oxygen atoms in total. The molecule has 0 aliphatic carbocycles. The van der Waals surface area contributed by atoms with Crippen molar-refractivity contribution in [2.24, 2.45) is 0 Å². The van der Waals surface area contributed by atoms with Crippen LogP contribution in [0.4, 0.5) is 0 Å². The van der Waals surface area contributed by atoms with Crippen molar-refractivity contribution < 1.29 is 4.52 Å². The maximum absolute atomic E-state index is 5.40. The van der Waals surface area contributed by atoms with Crippen LogP contribution in [-0.2, 0) is 0 Å². The highest BCUT2D eigenvalue weighted by Gasteiger charge is 2.22. The fourth-order valence-corrected chi connectivity index (χ4v) is 2.37.